The monoisotopic (exact) mass is 491 g/mol. The lowest BCUT2D eigenvalue weighted by Gasteiger charge is -2.37. The molecule has 1 aliphatic carbocycles. The summed E-state index contributed by atoms with van der Waals surface area (Å²) in [7, 11) is 0. The first-order chi connectivity index (χ1) is 16.7. The van der Waals surface area contributed by atoms with Crippen LogP contribution in [-0.2, 0) is 16.1 Å². The third-order valence-electron chi connectivity index (χ3n) is 8.43. The van der Waals surface area contributed by atoms with Gasteiger partial charge in [0.2, 0.25) is 11.8 Å². The van der Waals surface area contributed by atoms with E-state index in [9.17, 15) is 27.6 Å². The quantitative estimate of drug-likeness (QED) is 0.647. The Balaban J connectivity index is 1.14. The van der Waals surface area contributed by atoms with Crippen LogP contribution < -0.4 is 5.32 Å². The van der Waals surface area contributed by atoms with Crippen molar-refractivity contribution in [2.45, 2.75) is 76.0 Å². The fraction of sp³-hybridized carbons (Fsp3) is 0.654. The molecule has 3 amide bonds. The van der Waals surface area contributed by atoms with Gasteiger partial charge in [0.05, 0.1) is 5.92 Å². The number of fused-ring (bicyclic) bond motifs is 1. The van der Waals surface area contributed by atoms with E-state index in [0.717, 1.165) is 38.0 Å². The van der Waals surface area contributed by atoms with Crippen molar-refractivity contribution >= 4 is 17.7 Å². The van der Waals surface area contributed by atoms with Gasteiger partial charge >= 0.3 is 6.18 Å². The maximum Gasteiger partial charge on any atom is 0.391 e. The number of nitrogens with one attached hydrogen (secondary N) is 1. The Kier molecular flexibility index (Phi) is 6.63. The molecule has 3 heterocycles. The maximum absolute atomic E-state index is 12.9. The number of carbonyl (C=O) groups excluding carboxylic acids is 3. The van der Waals surface area contributed by atoms with Crippen molar-refractivity contribution in [1.29, 1.82) is 0 Å². The fourth-order valence-corrected chi connectivity index (χ4v) is 6.33. The molecule has 0 bridgehead atoms. The lowest BCUT2D eigenvalue weighted by atomic mass is 9.81. The number of benzene rings is 1. The van der Waals surface area contributed by atoms with Crippen LogP contribution >= 0.6 is 0 Å². The number of hydrogen-bond acceptors (Lipinski definition) is 4. The summed E-state index contributed by atoms with van der Waals surface area (Å²) in [5.41, 5.74) is 2.76. The molecule has 1 atom stereocenters. The molecule has 0 radical (unpaired) electrons. The van der Waals surface area contributed by atoms with Crippen LogP contribution in [0.2, 0.25) is 0 Å². The molecule has 2 saturated heterocycles. The number of carbonyl (C=O) groups is 3. The topological polar surface area (TPSA) is 69.7 Å². The van der Waals surface area contributed by atoms with Gasteiger partial charge in [-0.05, 0) is 87.1 Å². The second-order valence-corrected chi connectivity index (χ2v) is 10.7. The van der Waals surface area contributed by atoms with Crippen LogP contribution in [-0.4, -0.2) is 59.4 Å². The average molecular weight is 492 g/mol. The Labute approximate surface area is 203 Å². The Hall–Kier alpha value is -2.42. The highest BCUT2D eigenvalue weighted by atomic mass is 19.4. The Morgan fingerprint density at radius 2 is 1.66 bits per heavy atom. The summed E-state index contributed by atoms with van der Waals surface area (Å²) in [5, 5.41) is 2.33. The van der Waals surface area contributed by atoms with E-state index in [4.69, 9.17) is 0 Å². The summed E-state index contributed by atoms with van der Waals surface area (Å²) in [5.74, 6) is -1.23. The third kappa shape index (κ3) is 5.10. The zero-order valence-corrected chi connectivity index (χ0v) is 19.8. The van der Waals surface area contributed by atoms with Crippen LogP contribution in [0.5, 0.6) is 0 Å². The van der Waals surface area contributed by atoms with Gasteiger partial charge in [-0.3, -0.25) is 19.7 Å². The van der Waals surface area contributed by atoms with E-state index >= 15 is 0 Å². The molecule has 3 fully saturated rings. The predicted octanol–water partition coefficient (Wildman–Crippen LogP) is 4.00. The summed E-state index contributed by atoms with van der Waals surface area (Å²) in [4.78, 5) is 40.6. The number of alkyl halides is 3. The van der Waals surface area contributed by atoms with Gasteiger partial charge in [0, 0.05) is 25.1 Å². The Bertz CT molecular complexity index is 995. The van der Waals surface area contributed by atoms with Crippen molar-refractivity contribution in [2.24, 2.45) is 11.8 Å². The average Bonchev–Trinajstić information content (AvgIpc) is 3.15. The molecular weight excluding hydrogens is 459 g/mol. The Morgan fingerprint density at radius 3 is 2.31 bits per heavy atom. The molecule has 1 N–H and O–H groups in total. The minimum absolute atomic E-state index is 0.156. The highest BCUT2D eigenvalue weighted by Crippen LogP contribution is 2.40. The summed E-state index contributed by atoms with van der Waals surface area (Å²) >= 11 is 0. The number of rotatable bonds is 4. The number of likely N-dealkylation sites (tertiary alicyclic amines) is 1. The highest BCUT2D eigenvalue weighted by molar-refractivity contribution is 6.05. The standard InChI is InChI=1S/C26H32F3N3O3/c27-26(28,29)20-4-1-16(2-5-20)14-31-11-9-17(10-12-31)18-3-6-21-19(13-18)15-32(25(21)35)22-7-8-23(33)30-24(22)34/h3,6,13,16-17,20,22H,1-2,4-5,7-12,14-15H2,(H,30,33,34)/t16?,20?,22-/m0/s1. The number of amides is 3. The highest BCUT2D eigenvalue weighted by Gasteiger charge is 2.42. The molecule has 35 heavy (non-hydrogen) atoms. The molecule has 9 heteroatoms. The fourth-order valence-electron chi connectivity index (χ4n) is 6.33. The molecule has 190 valence electrons. The number of piperidine rings is 2. The van der Waals surface area contributed by atoms with E-state index < -0.39 is 24.0 Å². The second kappa shape index (κ2) is 9.56. The largest absolute Gasteiger partial charge is 0.391 e. The Morgan fingerprint density at radius 1 is 0.943 bits per heavy atom. The first-order valence-electron chi connectivity index (χ1n) is 12.8. The van der Waals surface area contributed by atoms with Crippen LogP contribution in [0, 0.1) is 11.8 Å². The van der Waals surface area contributed by atoms with Crippen molar-refractivity contribution < 1.29 is 27.6 Å². The van der Waals surface area contributed by atoms with Gasteiger partial charge in [-0.1, -0.05) is 12.1 Å². The SMILES string of the molecule is O=C1CC[C@H](N2Cc3cc(C4CCN(CC5CCC(C(F)(F)F)CC5)CC4)ccc3C2=O)C(=O)N1. The molecule has 4 aliphatic rings. The van der Waals surface area contributed by atoms with E-state index in [-0.39, 0.29) is 31.1 Å². The second-order valence-electron chi connectivity index (χ2n) is 10.7. The van der Waals surface area contributed by atoms with E-state index in [1.54, 1.807) is 4.90 Å². The lowest BCUT2D eigenvalue weighted by Crippen LogP contribution is -2.52. The van der Waals surface area contributed by atoms with Crippen LogP contribution in [0.1, 0.15) is 78.8 Å². The number of halogens is 3. The summed E-state index contributed by atoms with van der Waals surface area (Å²) in [6.45, 7) is 3.13. The van der Waals surface area contributed by atoms with Gasteiger partial charge in [-0.15, -0.1) is 0 Å². The van der Waals surface area contributed by atoms with Crippen LogP contribution in [0.25, 0.3) is 0 Å². The zero-order valence-electron chi connectivity index (χ0n) is 19.8. The van der Waals surface area contributed by atoms with Gasteiger partial charge in [0.25, 0.3) is 5.91 Å². The molecule has 6 nitrogen and oxygen atoms in total. The number of nitrogens with zero attached hydrogens (tertiary/aromatic N) is 2. The molecular formula is C26H32F3N3O3. The molecule has 1 aromatic rings. The zero-order chi connectivity index (χ0) is 24.7. The molecule has 0 spiro atoms. The summed E-state index contributed by atoms with van der Waals surface area (Å²) in [6, 6.07) is 5.37. The van der Waals surface area contributed by atoms with E-state index in [1.165, 1.54) is 5.56 Å². The minimum atomic E-state index is -4.05. The minimum Gasteiger partial charge on any atom is -0.322 e. The van der Waals surface area contributed by atoms with Crippen molar-refractivity contribution in [3.05, 3.63) is 34.9 Å². The van der Waals surface area contributed by atoms with Gasteiger partial charge in [-0.25, -0.2) is 0 Å². The van der Waals surface area contributed by atoms with Crippen LogP contribution in [0.3, 0.4) is 0 Å². The van der Waals surface area contributed by atoms with Crippen molar-refractivity contribution in [3.8, 4) is 0 Å². The molecule has 3 aliphatic heterocycles. The van der Waals surface area contributed by atoms with Gasteiger partial charge < -0.3 is 9.80 Å². The van der Waals surface area contributed by atoms with E-state index in [2.05, 4.69) is 16.3 Å². The smallest absolute Gasteiger partial charge is 0.322 e. The first kappa shape index (κ1) is 24.3. The first-order valence-corrected chi connectivity index (χ1v) is 12.8. The van der Waals surface area contributed by atoms with Crippen molar-refractivity contribution in [3.63, 3.8) is 0 Å². The van der Waals surface area contributed by atoms with Crippen molar-refractivity contribution in [1.82, 2.24) is 15.1 Å². The molecule has 5 rings (SSSR count). The lowest BCUT2D eigenvalue weighted by molar-refractivity contribution is -0.184. The van der Waals surface area contributed by atoms with Crippen LogP contribution in [0.15, 0.2) is 18.2 Å². The summed E-state index contributed by atoms with van der Waals surface area (Å²) < 4.78 is 38.8. The maximum atomic E-state index is 12.9. The van der Waals surface area contributed by atoms with Crippen LogP contribution in [0.4, 0.5) is 13.2 Å². The van der Waals surface area contributed by atoms with E-state index in [0.29, 0.717) is 43.2 Å². The van der Waals surface area contributed by atoms with Gasteiger partial charge in [0.15, 0.2) is 0 Å². The molecule has 1 aromatic carbocycles. The number of imide groups is 1. The van der Waals surface area contributed by atoms with Crippen molar-refractivity contribution in [2.75, 3.05) is 19.6 Å². The van der Waals surface area contributed by atoms with Gasteiger partial charge in [0.1, 0.15) is 6.04 Å². The third-order valence-corrected chi connectivity index (χ3v) is 8.43. The normalized spacial score (nSPS) is 28.8. The predicted molar refractivity (Wildman–Crippen MR) is 122 cm³/mol. The molecule has 0 unspecified atom stereocenters. The molecule has 1 saturated carbocycles. The summed E-state index contributed by atoms with van der Waals surface area (Å²) in [6.07, 6.45) is 0.352. The van der Waals surface area contributed by atoms with Gasteiger partial charge in [-0.2, -0.15) is 13.2 Å². The number of hydrogen-bond donors (Lipinski definition) is 1. The van der Waals surface area contributed by atoms with E-state index in [1.807, 2.05) is 12.1 Å². The molecule has 0 aromatic heterocycles.